The summed E-state index contributed by atoms with van der Waals surface area (Å²) >= 11 is 6.58. The van der Waals surface area contributed by atoms with Crippen LogP contribution in [-0.4, -0.2) is 26.9 Å². The fourth-order valence-electron chi connectivity index (χ4n) is 0.302. The van der Waals surface area contributed by atoms with Crippen molar-refractivity contribution >= 4 is 41.1 Å². The van der Waals surface area contributed by atoms with E-state index in [1.165, 1.54) is 0 Å². The number of halogens is 2. The van der Waals surface area contributed by atoms with Gasteiger partial charge >= 0.3 is 9.28 Å². The molecule has 0 atom stereocenters. The molecule has 0 saturated carbocycles. The van der Waals surface area contributed by atoms with Gasteiger partial charge in [0.25, 0.3) is 0 Å². The van der Waals surface area contributed by atoms with Gasteiger partial charge in [-0.2, -0.15) is 0 Å². The minimum atomic E-state index is -1.43. The van der Waals surface area contributed by atoms with Crippen LogP contribution in [0.2, 0.25) is 0 Å². The van der Waals surface area contributed by atoms with Gasteiger partial charge in [0, 0.05) is 14.2 Å². The van der Waals surface area contributed by atoms with Crippen molar-refractivity contribution in [1.82, 2.24) is 0 Å². The molecule has 0 amide bonds. The molecule has 0 aromatic rings. The average molecular weight is 264 g/mol. The van der Waals surface area contributed by atoms with Gasteiger partial charge in [-0.15, -0.1) is 0 Å². The molecule has 5 heteroatoms. The van der Waals surface area contributed by atoms with Crippen LogP contribution in [0.25, 0.3) is 0 Å². The third-order valence-electron chi connectivity index (χ3n) is 0.670. The van der Waals surface area contributed by atoms with E-state index in [0.29, 0.717) is 0 Å². The van der Waals surface area contributed by atoms with Gasteiger partial charge in [-0.25, -0.2) is 0 Å². The SMILES string of the molecule is CO[SiH](OC)C(Br)Br. The molecule has 0 aromatic heterocycles. The van der Waals surface area contributed by atoms with Gasteiger partial charge in [0.15, 0.2) is 0 Å². The molecule has 0 N–H and O–H groups in total. The summed E-state index contributed by atoms with van der Waals surface area (Å²) in [6, 6.07) is 0. The van der Waals surface area contributed by atoms with Gasteiger partial charge < -0.3 is 8.85 Å². The Kier molecular flexibility index (Phi) is 5.60. The first-order chi connectivity index (χ1) is 3.72. The standard InChI is InChI=1S/C3H8Br2O2Si/c1-6-8(7-2)3(4)5/h3,8H,1-2H3. The summed E-state index contributed by atoms with van der Waals surface area (Å²) in [5.41, 5.74) is 0. The van der Waals surface area contributed by atoms with E-state index in [2.05, 4.69) is 31.9 Å². The van der Waals surface area contributed by atoms with Crippen LogP contribution >= 0.6 is 31.9 Å². The number of hydrogen-bond acceptors (Lipinski definition) is 2. The second-order valence-electron chi connectivity index (χ2n) is 1.17. The highest BCUT2D eigenvalue weighted by molar-refractivity contribution is 9.25. The smallest absolute Gasteiger partial charge is 0.346 e. The summed E-state index contributed by atoms with van der Waals surface area (Å²) < 4.78 is 10.2. The Labute approximate surface area is 67.7 Å². The Balaban J connectivity index is 3.35. The molecule has 0 aliphatic carbocycles. The molecule has 8 heavy (non-hydrogen) atoms. The first-order valence-corrected chi connectivity index (χ1v) is 5.50. The third-order valence-corrected chi connectivity index (χ3v) is 4.60. The maximum absolute atomic E-state index is 4.98. The van der Waals surface area contributed by atoms with Crippen LogP contribution in [0, 0.1) is 0 Å². The molecule has 0 saturated heterocycles. The zero-order valence-corrected chi connectivity index (χ0v) is 9.05. The first-order valence-electron chi connectivity index (χ1n) is 2.06. The van der Waals surface area contributed by atoms with Gasteiger partial charge in [0.1, 0.15) is 3.36 Å². The zero-order chi connectivity index (χ0) is 6.57. The topological polar surface area (TPSA) is 18.5 Å². The van der Waals surface area contributed by atoms with E-state index >= 15 is 0 Å². The summed E-state index contributed by atoms with van der Waals surface area (Å²) in [6.45, 7) is 0. The lowest BCUT2D eigenvalue weighted by Crippen LogP contribution is -2.26. The molecule has 0 fully saturated rings. The van der Waals surface area contributed by atoms with E-state index in [4.69, 9.17) is 8.85 Å². The molecule has 0 unspecified atom stereocenters. The predicted molar refractivity (Wildman–Crippen MR) is 42.8 cm³/mol. The molecular formula is C3H8Br2O2Si. The van der Waals surface area contributed by atoms with Gasteiger partial charge in [-0.05, 0) is 0 Å². The summed E-state index contributed by atoms with van der Waals surface area (Å²) in [5, 5.41) is 0. The normalized spacial score (nSPS) is 11.2. The van der Waals surface area contributed by atoms with Crippen molar-refractivity contribution < 1.29 is 8.85 Å². The van der Waals surface area contributed by atoms with E-state index in [9.17, 15) is 0 Å². The molecule has 2 nitrogen and oxygen atoms in total. The molecule has 50 valence electrons. The van der Waals surface area contributed by atoms with Crippen LogP contribution in [0.4, 0.5) is 0 Å². The molecule has 0 radical (unpaired) electrons. The van der Waals surface area contributed by atoms with Gasteiger partial charge in [0.2, 0.25) is 0 Å². The van der Waals surface area contributed by atoms with Crippen molar-refractivity contribution in [1.29, 1.82) is 0 Å². The average Bonchev–Trinajstić information content (AvgIpc) is 1.69. The fraction of sp³-hybridized carbons (Fsp3) is 1.00. The Hall–Kier alpha value is 1.10. The first kappa shape index (κ1) is 9.10. The molecule has 0 aliphatic rings. The van der Waals surface area contributed by atoms with Crippen molar-refractivity contribution in [2.75, 3.05) is 14.2 Å². The lowest BCUT2D eigenvalue weighted by Gasteiger charge is -2.10. The van der Waals surface area contributed by atoms with Crippen molar-refractivity contribution in [3.63, 3.8) is 0 Å². The molecular weight excluding hydrogens is 256 g/mol. The quantitative estimate of drug-likeness (QED) is 0.562. The Bertz CT molecular complexity index is 57.2. The summed E-state index contributed by atoms with van der Waals surface area (Å²) in [5.74, 6) is 0. The minimum Gasteiger partial charge on any atom is -0.399 e. The summed E-state index contributed by atoms with van der Waals surface area (Å²) in [4.78, 5) is 0. The maximum atomic E-state index is 4.98. The third kappa shape index (κ3) is 3.19. The Morgan fingerprint density at radius 1 is 1.25 bits per heavy atom. The second-order valence-corrected chi connectivity index (χ2v) is 8.67. The van der Waals surface area contributed by atoms with Crippen molar-refractivity contribution in [2.24, 2.45) is 0 Å². The van der Waals surface area contributed by atoms with Crippen molar-refractivity contribution in [3.05, 3.63) is 0 Å². The molecule has 0 rings (SSSR count). The Morgan fingerprint density at radius 3 is 1.62 bits per heavy atom. The van der Waals surface area contributed by atoms with Crippen LogP contribution in [0.15, 0.2) is 0 Å². The molecule has 0 aromatic carbocycles. The van der Waals surface area contributed by atoms with E-state index in [-0.39, 0.29) is 3.36 Å². The highest BCUT2D eigenvalue weighted by atomic mass is 79.9. The minimum absolute atomic E-state index is 0.199. The predicted octanol–water partition coefficient (Wildman–Crippen LogP) is 1.15. The highest BCUT2D eigenvalue weighted by Gasteiger charge is 2.17. The monoisotopic (exact) mass is 262 g/mol. The highest BCUT2D eigenvalue weighted by Crippen LogP contribution is 2.12. The number of hydrogen-bond donors (Lipinski definition) is 0. The van der Waals surface area contributed by atoms with E-state index in [0.717, 1.165) is 0 Å². The number of alkyl halides is 2. The summed E-state index contributed by atoms with van der Waals surface area (Å²) in [6.07, 6.45) is 0. The summed E-state index contributed by atoms with van der Waals surface area (Å²) in [7, 11) is 1.87. The van der Waals surface area contributed by atoms with Crippen LogP contribution in [-0.2, 0) is 8.85 Å². The van der Waals surface area contributed by atoms with Crippen LogP contribution in [0.1, 0.15) is 0 Å². The molecule has 0 spiro atoms. The van der Waals surface area contributed by atoms with Crippen LogP contribution < -0.4 is 0 Å². The molecule has 0 heterocycles. The van der Waals surface area contributed by atoms with E-state index in [1.54, 1.807) is 14.2 Å². The lowest BCUT2D eigenvalue weighted by molar-refractivity contribution is 0.283. The van der Waals surface area contributed by atoms with E-state index in [1.807, 2.05) is 0 Å². The second kappa shape index (κ2) is 4.93. The van der Waals surface area contributed by atoms with Crippen LogP contribution in [0.5, 0.6) is 0 Å². The van der Waals surface area contributed by atoms with Gasteiger partial charge in [0.05, 0.1) is 0 Å². The maximum Gasteiger partial charge on any atom is 0.346 e. The lowest BCUT2D eigenvalue weighted by atomic mass is 11.8. The number of rotatable bonds is 3. The van der Waals surface area contributed by atoms with Crippen molar-refractivity contribution in [2.45, 2.75) is 3.36 Å². The largest absolute Gasteiger partial charge is 0.399 e. The Morgan fingerprint density at radius 2 is 1.62 bits per heavy atom. The van der Waals surface area contributed by atoms with Crippen molar-refractivity contribution in [3.8, 4) is 0 Å². The van der Waals surface area contributed by atoms with Crippen LogP contribution in [0.3, 0.4) is 0 Å². The van der Waals surface area contributed by atoms with Gasteiger partial charge in [-0.3, -0.25) is 0 Å². The molecule has 0 aliphatic heterocycles. The molecule has 0 bridgehead atoms. The zero-order valence-electron chi connectivity index (χ0n) is 4.73. The van der Waals surface area contributed by atoms with Gasteiger partial charge in [-0.1, -0.05) is 31.9 Å². The van der Waals surface area contributed by atoms with E-state index < -0.39 is 9.28 Å². The fourth-order valence-corrected chi connectivity index (χ4v) is 3.50.